The van der Waals surface area contributed by atoms with Crippen LogP contribution in [-0.2, 0) is 4.74 Å². The third kappa shape index (κ3) is 4.56. The highest BCUT2D eigenvalue weighted by Gasteiger charge is 2.27. The summed E-state index contributed by atoms with van der Waals surface area (Å²) in [5.74, 6) is 0.219. The minimum atomic E-state index is -0.748. The van der Waals surface area contributed by atoms with Gasteiger partial charge in [-0.05, 0) is 0 Å². The van der Waals surface area contributed by atoms with Crippen LogP contribution in [0.25, 0.3) is 0 Å². The van der Waals surface area contributed by atoms with E-state index in [9.17, 15) is 25.0 Å². The van der Waals surface area contributed by atoms with Gasteiger partial charge in [-0.3, -0.25) is 25.0 Å². The molecular weight excluding hydrogens is 422 g/mol. The number of aromatic nitrogens is 2. The maximum atomic E-state index is 12.9. The van der Waals surface area contributed by atoms with Gasteiger partial charge in [0.15, 0.2) is 5.82 Å². The molecule has 0 unspecified atom stereocenters. The molecule has 0 bridgehead atoms. The Morgan fingerprint density at radius 3 is 2.09 bits per heavy atom. The summed E-state index contributed by atoms with van der Waals surface area (Å²) in [4.78, 5) is 39.3. The van der Waals surface area contributed by atoms with Crippen LogP contribution in [0.3, 0.4) is 0 Å². The van der Waals surface area contributed by atoms with Crippen molar-refractivity contribution in [1.82, 2.24) is 15.1 Å². The molecule has 168 valence electrons. The number of nitro benzene ring substituents is 2. The summed E-state index contributed by atoms with van der Waals surface area (Å²) in [5.41, 5.74) is -0.0954. The second-order valence-corrected chi connectivity index (χ2v) is 7.40. The quantitative estimate of drug-likeness (QED) is 0.485. The molecule has 13 heteroatoms. The van der Waals surface area contributed by atoms with E-state index in [1.807, 2.05) is 11.0 Å². The SMILES string of the molecule is O=C(c1cc([N+](=O)[O-])cc([N+](=O)[O-])c1)N1CCN(c2cc(N3CCOCC3)cnn2)CC1. The van der Waals surface area contributed by atoms with Crippen LogP contribution in [0.4, 0.5) is 22.9 Å². The van der Waals surface area contributed by atoms with Gasteiger partial charge in [-0.1, -0.05) is 0 Å². The van der Waals surface area contributed by atoms with Gasteiger partial charge >= 0.3 is 0 Å². The van der Waals surface area contributed by atoms with E-state index in [4.69, 9.17) is 4.74 Å². The van der Waals surface area contributed by atoms with E-state index in [0.717, 1.165) is 37.0 Å². The number of carbonyl (C=O) groups is 1. The highest BCUT2D eigenvalue weighted by atomic mass is 16.6. The second kappa shape index (κ2) is 9.09. The lowest BCUT2D eigenvalue weighted by Crippen LogP contribution is -2.49. The molecule has 1 aromatic heterocycles. The summed E-state index contributed by atoms with van der Waals surface area (Å²) in [6, 6.07) is 4.94. The lowest BCUT2D eigenvalue weighted by Gasteiger charge is -2.35. The fourth-order valence-electron chi connectivity index (χ4n) is 3.75. The highest BCUT2D eigenvalue weighted by molar-refractivity contribution is 5.95. The summed E-state index contributed by atoms with van der Waals surface area (Å²) in [6.45, 7) is 4.56. The molecule has 1 aromatic carbocycles. The molecule has 0 atom stereocenters. The Bertz CT molecular complexity index is 1000. The number of morpholine rings is 1. The lowest BCUT2D eigenvalue weighted by molar-refractivity contribution is -0.394. The monoisotopic (exact) mass is 443 g/mol. The van der Waals surface area contributed by atoms with E-state index in [-0.39, 0.29) is 5.56 Å². The number of nitro groups is 2. The topological polar surface area (TPSA) is 148 Å². The lowest BCUT2D eigenvalue weighted by atomic mass is 10.1. The molecule has 4 rings (SSSR count). The van der Waals surface area contributed by atoms with Crippen LogP contribution >= 0.6 is 0 Å². The number of ether oxygens (including phenoxy) is 1. The first kappa shape index (κ1) is 21.4. The van der Waals surface area contributed by atoms with Crippen LogP contribution in [-0.4, -0.2) is 83.3 Å². The number of hydrogen-bond acceptors (Lipinski definition) is 10. The molecule has 3 heterocycles. The van der Waals surface area contributed by atoms with Crippen molar-refractivity contribution < 1.29 is 19.4 Å². The summed E-state index contributed by atoms with van der Waals surface area (Å²) in [7, 11) is 0. The Kier molecular flexibility index (Phi) is 6.07. The minimum absolute atomic E-state index is 0.0755. The van der Waals surface area contributed by atoms with Gasteiger partial charge < -0.3 is 19.4 Å². The minimum Gasteiger partial charge on any atom is -0.378 e. The normalized spacial score (nSPS) is 16.7. The smallest absolute Gasteiger partial charge is 0.277 e. The predicted molar refractivity (Wildman–Crippen MR) is 113 cm³/mol. The molecule has 32 heavy (non-hydrogen) atoms. The van der Waals surface area contributed by atoms with E-state index < -0.39 is 27.1 Å². The van der Waals surface area contributed by atoms with Crippen LogP contribution in [0.2, 0.25) is 0 Å². The maximum absolute atomic E-state index is 12.9. The molecule has 2 saturated heterocycles. The van der Waals surface area contributed by atoms with E-state index in [1.54, 1.807) is 6.20 Å². The molecule has 0 spiro atoms. The highest BCUT2D eigenvalue weighted by Crippen LogP contribution is 2.25. The van der Waals surface area contributed by atoms with Crippen molar-refractivity contribution in [1.29, 1.82) is 0 Å². The van der Waals surface area contributed by atoms with Gasteiger partial charge in [0.1, 0.15) is 0 Å². The summed E-state index contributed by atoms with van der Waals surface area (Å²) >= 11 is 0. The van der Waals surface area contributed by atoms with Gasteiger partial charge in [0, 0.05) is 57.5 Å². The molecule has 0 radical (unpaired) electrons. The van der Waals surface area contributed by atoms with Crippen molar-refractivity contribution in [2.75, 3.05) is 62.3 Å². The predicted octanol–water partition coefficient (Wildman–Crippen LogP) is 1.09. The van der Waals surface area contributed by atoms with Gasteiger partial charge in [-0.25, -0.2) is 0 Å². The fraction of sp³-hybridized carbons (Fsp3) is 0.421. The Balaban J connectivity index is 1.44. The average molecular weight is 443 g/mol. The van der Waals surface area contributed by atoms with Gasteiger partial charge in [0.2, 0.25) is 0 Å². The Morgan fingerprint density at radius 2 is 1.50 bits per heavy atom. The third-order valence-electron chi connectivity index (χ3n) is 5.47. The second-order valence-electron chi connectivity index (χ2n) is 7.40. The largest absolute Gasteiger partial charge is 0.378 e. The van der Waals surface area contributed by atoms with E-state index in [2.05, 4.69) is 15.1 Å². The Labute approximate surface area is 182 Å². The standard InChI is InChI=1S/C19H21N7O6/c27-19(14-9-15(25(28)29)11-16(10-14)26(30)31)24-3-1-23(2-4-24)18-12-17(13-20-21-18)22-5-7-32-8-6-22/h9-13H,1-8H2. The number of hydrogen-bond donors (Lipinski definition) is 0. The molecule has 1 amide bonds. The average Bonchev–Trinajstić information content (AvgIpc) is 2.84. The van der Waals surface area contributed by atoms with Gasteiger partial charge in [0.05, 0.1) is 46.6 Å². The van der Waals surface area contributed by atoms with Crippen LogP contribution in [0.1, 0.15) is 10.4 Å². The zero-order chi connectivity index (χ0) is 22.7. The summed E-state index contributed by atoms with van der Waals surface area (Å²) in [5, 5.41) is 30.5. The molecule has 2 fully saturated rings. The fourth-order valence-corrected chi connectivity index (χ4v) is 3.75. The molecule has 13 nitrogen and oxygen atoms in total. The number of piperazine rings is 1. The zero-order valence-corrected chi connectivity index (χ0v) is 17.1. The van der Waals surface area contributed by atoms with Crippen LogP contribution in [0, 0.1) is 20.2 Å². The van der Waals surface area contributed by atoms with E-state index in [0.29, 0.717) is 45.2 Å². The molecule has 2 aliphatic rings. The molecular formula is C19H21N7O6. The summed E-state index contributed by atoms with van der Waals surface area (Å²) in [6.07, 6.45) is 1.71. The Morgan fingerprint density at radius 1 is 0.875 bits per heavy atom. The van der Waals surface area contributed by atoms with Crippen LogP contribution in [0.15, 0.2) is 30.5 Å². The van der Waals surface area contributed by atoms with Crippen molar-refractivity contribution in [2.24, 2.45) is 0 Å². The number of anilines is 2. The van der Waals surface area contributed by atoms with E-state index >= 15 is 0 Å². The van der Waals surface area contributed by atoms with Crippen molar-refractivity contribution >= 4 is 28.8 Å². The maximum Gasteiger partial charge on any atom is 0.277 e. The third-order valence-corrected chi connectivity index (χ3v) is 5.47. The molecule has 2 aliphatic heterocycles. The Hall–Kier alpha value is -3.87. The van der Waals surface area contributed by atoms with Crippen LogP contribution in [0.5, 0.6) is 0 Å². The first-order valence-electron chi connectivity index (χ1n) is 10.1. The van der Waals surface area contributed by atoms with Crippen molar-refractivity contribution in [2.45, 2.75) is 0 Å². The first-order chi connectivity index (χ1) is 15.4. The number of benzene rings is 1. The number of non-ortho nitro benzene ring substituents is 2. The van der Waals surface area contributed by atoms with Gasteiger partial charge in [-0.15, -0.1) is 5.10 Å². The molecule has 0 saturated carbocycles. The molecule has 0 aliphatic carbocycles. The van der Waals surface area contributed by atoms with Gasteiger partial charge in [0.25, 0.3) is 17.3 Å². The first-order valence-corrected chi connectivity index (χ1v) is 10.1. The summed E-state index contributed by atoms with van der Waals surface area (Å²) < 4.78 is 5.38. The van der Waals surface area contributed by atoms with E-state index in [1.165, 1.54) is 4.90 Å². The van der Waals surface area contributed by atoms with Crippen molar-refractivity contribution in [3.05, 3.63) is 56.3 Å². The number of rotatable bonds is 5. The van der Waals surface area contributed by atoms with Crippen molar-refractivity contribution in [3.63, 3.8) is 0 Å². The number of nitrogens with zero attached hydrogens (tertiary/aromatic N) is 7. The number of amides is 1. The number of carbonyl (C=O) groups excluding carboxylic acids is 1. The van der Waals surface area contributed by atoms with Crippen LogP contribution < -0.4 is 9.80 Å². The van der Waals surface area contributed by atoms with Gasteiger partial charge in [-0.2, -0.15) is 5.10 Å². The van der Waals surface area contributed by atoms with Crippen molar-refractivity contribution in [3.8, 4) is 0 Å². The molecule has 2 aromatic rings. The zero-order valence-electron chi connectivity index (χ0n) is 17.1. The molecule has 0 N–H and O–H groups in total.